The Hall–Kier alpha value is -2.14. The fraction of sp³-hybridized carbons (Fsp3) is 0.520. The van der Waals surface area contributed by atoms with Gasteiger partial charge in [-0.05, 0) is 45.9 Å². The van der Waals surface area contributed by atoms with Crippen LogP contribution >= 0.6 is 11.3 Å². The zero-order valence-corrected chi connectivity index (χ0v) is 19.9. The number of fused-ring (bicyclic) bond motifs is 1. The Balaban J connectivity index is 1.91. The fourth-order valence-electron chi connectivity index (χ4n) is 4.11. The molecule has 4 nitrogen and oxygen atoms in total. The highest BCUT2D eigenvalue weighted by Crippen LogP contribution is 2.38. The van der Waals surface area contributed by atoms with E-state index in [4.69, 9.17) is 0 Å². The molecule has 1 aromatic heterocycles. The Bertz CT molecular complexity index is 893. The van der Waals surface area contributed by atoms with Crippen LogP contribution in [-0.2, 0) is 21.4 Å². The number of thiophene rings is 1. The molecule has 0 fully saturated rings. The Morgan fingerprint density at radius 3 is 2.40 bits per heavy atom. The first kappa shape index (κ1) is 22.5. The minimum Gasteiger partial charge on any atom is -0.333 e. The van der Waals surface area contributed by atoms with Gasteiger partial charge in [0.05, 0.1) is 12.6 Å². The van der Waals surface area contributed by atoms with Gasteiger partial charge in [0, 0.05) is 24.9 Å². The number of nitrogens with zero attached hydrogens (tertiary/aromatic N) is 2. The van der Waals surface area contributed by atoms with E-state index in [1.54, 1.807) is 23.2 Å². The van der Waals surface area contributed by atoms with E-state index in [9.17, 15) is 9.59 Å². The molecule has 2 amide bonds. The van der Waals surface area contributed by atoms with Crippen molar-refractivity contribution in [3.05, 3.63) is 57.3 Å². The predicted molar refractivity (Wildman–Crippen MR) is 124 cm³/mol. The van der Waals surface area contributed by atoms with Crippen molar-refractivity contribution in [3.63, 3.8) is 0 Å². The minimum atomic E-state index is -0.0885. The maximum atomic E-state index is 13.4. The molecule has 1 aliphatic heterocycles. The molecule has 30 heavy (non-hydrogen) atoms. The van der Waals surface area contributed by atoms with Crippen LogP contribution in [0.15, 0.2) is 35.7 Å². The summed E-state index contributed by atoms with van der Waals surface area (Å²) in [5.74, 6) is 0.302. The SMILES string of the molecule is CC(=O)N(CC(=O)N1CCc2sccc2C1c1ccc(C(C)(C)C)cc1)CC(C)C. The van der Waals surface area contributed by atoms with E-state index in [2.05, 4.69) is 70.3 Å². The molecule has 0 N–H and O–H groups in total. The maximum absolute atomic E-state index is 13.4. The zero-order valence-electron chi connectivity index (χ0n) is 19.1. The van der Waals surface area contributed by atoms with Crippen molar-refractivity contribution in [1.82, 2.24) is 9.80 Å². The van der Waals surface area contributed by atoms with E-state index in [0.29, 0.717) is 19.0 Å². The number of benzene rings is 1. The second kappa shape index (κ2) is 8.93. The molecule has 0 saturated carbocycles. The van der Waals surface area contributed by atoms with Crippen molar-refractivity contribution in [1.29, 1.82) is 0 Å². The molecule has 1 atom stereocenters. The van der Waals surface area contributed by atoms with Gasteiger partial charge in [0.1, 0.15) is 0 Å². The number of carbonyl (C=O) groups excluding carboxylic acids is 2. The summed E-state index contributed by atoms with van der Waals surface area (Å²) in [5.41, 5.74) is 3.73. The topological polar surface area (TPSA) is 40.6 Å². The average molecular weight is 427 g/mol. The number of carbonyl (C=O) groups is 2. The number of hydrogen-bond donors (Lipinski definition) is 0. The van der Waals surface area contributed by atoms with Crippen molar-refractivity contribution >= 4 is 23.2 Å². The van der Waals surface area contributed by atoms with Crippen LogP contribution in [0.1, 0.15) is 69.2 Å². The highest BCUT2D eigenvalue weighted by Gasteiger charge is 2.34. The molecule has 2 heterocycles. The summed E-state index contributed by atoms with van der Waals surface area (Å²) >= 11 is 1.77. The summed E-state index contributed by atoms with van der Waals surface area (Å²) in [6.07, 6.45) is 0.875. The monoisotopic (exact) mass is 426 g/mol. The number of hydrogen-bond acceptors (Lipinski definition) is 3. The molecule has 1 aliphatic rings. The Labute approximate surface area is 184 Å². The van der Waals surface area contributed by atoms with Gasteiger partial charge >= 0.3 is 0 Å². The van der Waals surface area contributed by atoms with Crippen LogP contribution in [0, 0.1) is 5.92 Å². The van der Waals surface area contributed by atoms with Crippen molar-refractivity contribution in [2.75, 3.05) is 19.6 Å². The second-order valence-electron chi connectivity index (χ2n) is 9.70. The largest absolute Gasteiger partial charge is 0.333 e. The molecule has 5 heteroatoms. The van der Waals surface area contributed by atoms with Gasteiger partial charge in [-0.2, -0.15) is 0 Å². The zero-order chi connectivity index (χ0) is 22.1. The van der Waals surface area contributed by atoms with Gasteiger partial charge in [-0.3, -0.25) is 9.59 Å². The summed E-state index contributed by atoms with van der Waals surface area (Å²) in [7, 11) is 0. The molecule has 0 aliphatic carbocycles. The predicted octanol–water partition coefficient (Wildman–Crippen LogP) is 5.02. The first-order valence-corrected chi connectivity index (χ1v) is 11.7. The summed E-state index contributed by atoms with van der Waals surface area (Å²) in [5, 5.41) is 2.12. The lowest BCUT2D eigenvalue weighted by Crippen LogP contribution is -2.47. The van der Waals surface area contributed by atoms with Gasteiger partial charge < -0.3 is 9.80 Å². The van der Waals surface area contributed by atoms with Crippen LogP contribution in [0.4, 0.5) is 0 Å². The molecule has 1 aromatic carbocycles. The fourth-order valence-corrected chi connectivity index (χ4v) is 5.01. The van der Waals surface area contributed by atoms with Crippen molar-refractivity contribution < 1.29 is 9.59 Å². The molecule has 0 spiro atoms. The third-order valence-corrected chi connectivity index (χ3v) is 6.73. The lowest BCUT2D eigenvalue weighted by molar-refractivity contribution is -0.141. The van der Waals surface area contributed by atoms with Crippen LogP contribution in [0.5, 0.6) is 0 Å². The molecule has 3 rings (SSSR count). The lowest BCUT2D eigenvalue weighted by atomic mass is 9.85. The minimum absolute atomic E-state index is 0.0209. The van der Waals surface area contributed by atoms with Gasteiger partial charge in [-0.25, -0.2) is 0 Å². The van der Waals surface area contributed by atoms with Crippen LogP contribution in [-0.4, -0.2) is 41.2 Å². The first-order valence-electron chi connectivity index (χ1n) is 10.8. The quantitative estimate of drug-likeness (QED) is 0.673. The maximum Gasteiger partial charge on any atom is 0.242 e. The molecule has 0 bridgehead atoms. The lowest BCUT2D eigenvalue weighted by Gasteiger charge is -2.38. The van der Waals surface area contributed by atoms with Gasteiger partial charge in [0.2, 0.25) is 11.8 Å². The third-order valence-electron chi connectivity index (χ3n) is 5.74. The molecule has 162 valence electrons. The summed E-state index contributed by atoms with van der Waals surface area (Å²) < 4.78 is 0. The van der Waals surface area contributed by atoms with Gasteiger partial charge in [0.15, 0.2) is 0 Å². The Morgan fingerprint density at radius 2 is 1.83 bits per heavy atom. The molecular weight excluding hydrogens is 392 g/mol. The Morgan fingerprint density at radius 1 is 1.17 bits per heavy atom. The highest BCUT2D eigenvalue weighted by atomic mass is 32.1. The molecule has 0 radical (unpaired) electrons. The summed E-state index contributed by atoms with van der Waals surface area (Å²) in [4.78, 5) is 30.5. The van der Waals surface area contributed by atoms with Crippen LogP contribution in [0.2, 0.25) is 0 Å². The van der Waals surface area contributed by atoms with Crippen molar-refractivity contribution in [2.45, 2.75) is 59.4 Å². The number of amides is 2. The highest BCUT2D eigenvalue weighted by molar-refractivity contribution is 7.10. The smallest absolute Gasteiger partial charge is 0.242 e. The van der Waals surface area contributed by atoms with E-state index in [1.807, 2.05) is 4.90 Å². The summed E-state index contributed by atoms with van der Waals surface area (Å²) in [6.45, 7) is 13.7. The van der Waals surface area contributed by atoms with Gasteiger partial charge in [0.25, 0.3) is 0 Å². The van der Waals surface area contributed by atoms with Crippen LogP contribution in [0.3, 0.4) is 0 Å². The second-order valence-corrected chi connectivity index (χ2v) is 10.7. The normalized spacial score (nSPS) is 16.5. The first-order chi connectivity index (χ1) is 14.1. The van der Waals surface area contributed by atoms with E-state index in [0.717, 1.165) is 12.0 Å². The van der Waals surface area contributed by atoms with E-state index in [-0.39, 0.29) is 29.8 Å². The summed E-state index contributed by atoms with van der Waals surface area (Å²) in [6, 6.07) is 10.7. The van der Waals surface area contributed by atoms with Crippen LogP contribution < -0.4 is 0 Å². The van der Waals surface area contributed by atoms with E-state index >= 15 is 0 Å². The van der Waals surface area contributed by atoms with Crippen molar-refractivity contribution in [3.8, 4) is 0 Å². The average Bonchev–Trinajstić information content (AvgIpc) is 3.14. The van der Waals surface area contributed by atoms with Crippen molar-refractivity contribution in [2.24, 2.45) is 5.92 Å². The van der Waals surface area contributed by atoms with Gasteiger partial charge in [-0.15, -0.1) is 11.3 Å². The van der Waals surface area contributed by atoms with Gasteiger partial charge in [-0.1, -0.05) is 58.9 Å². The molecule has 0 saturated heterocycles. The molecular formula is C25H34N2O2S. The molecule has 1 unspecified atom stereocenters. The van der Waals surface area contributed by atoms with E-state index < -0.39 is 0 Å². The van der Waals surface area contributed by atoms with E-state index in [1.165, 1.54) is 16.0 Å². The standard InChI is InChI=1S/C25H34N2O2S/c1-17(2)15-26(18(3)28)16-23(29)27-13-11-22-21(12-14-30-22)24(27)19-7-9-20(10-8-19)25(4,5)6/h7-10,12,14,17,24H,11,13,15-16H2,1-6H3. The molecule has 2 aromatic rings. The van der Waals surface area contributed by atoms with Crippen LogP contribution in [0.25, 0.3) is 0 Å². The third kappa shape index (κ3) is 4.94. The Kier molecular flexibility index (Phi) is 6.71. The number of rotatable bonds is 5.